The van der Waals surface area contributed by atoms with Crippen LogP contribution < -0.4 is 0 Å². The van der Waals surface area contributed by atoms with E-state index >= 15 is 0 Å². The summed E-state index contributed by atoms with van der Waals surface area (Å²) in [6.45, 7) is 7.36. The molecule has 2 atom stereocenters. The molecule has 0 aliphatic heterocycles. The van der Waals surface area contributed by atoms with Crippen LogP contribution in [-0.2, 0) is 9.53 Å². The first-order chi connectivity index (χ1) is 6.59. The van der Waals surface area contributed by atoms with Crippen molar-refractivity contribution in [3.05, 3.63) is 24.5 Å². The van der Waals surface area contributed by atoms with Crippen LogP contribution in [0.1, 0.15) is 33.1 Å². The molecule has 0 aromatic rings. The highest BCUT2D eigenvalue weighted by Crippen LogP contribution is 2.29. The maximum Gasteiger partial charge on any atom is 0.307 e. The molecule has 2 nitrogen and oxygen atoms in total. The minimum absolute atomic E-state index is 0.269. The van der Waals surface area contributed by atoms with Gasteiger partial charge in [0.1, 0.15) is 5.76 Å². The second-order valence-electron chi connectivity index (χ2n) is 3.96. The normalized spacial score (nSPS) is 25.9. The summed E-state index contributed by atoms with van der Waals surface area (Å²) in [5, 5.41) is 0. The number of carbonyl (C=O) groups excluding carboxylic acids is 1. The van der Waals surface area contributed by atoms with Crippen molar-refractivity contribution < 1.29 is 9.53 Å². The molecule has 0 N–H and O–H groups in total. The van der Waals surface area contributed by atoms with Crippen molar-refractivity contribution in [2.45, 2.75) is 33.1 Å². The number of ether oxygens (including phenoxy) is 1. The number of esters is 1. The number of rotatable bonds is 3. The summed E-state index contributed by atoms with van der Waals surface area (Å²) in [6, 6.07) is 0. The predicted octanol–water partition coefficient (Wildman–Crippen LogP) is 3.06. The lowest BCUT2D eigenvalue weighted by Gasteiger charge is -2.24. The Kier molecular flexibility index (Phi) is 3.93. The molecule has 78 valence electrons. The first-order valence-electron chi connectivity index (χ1n) is 5.12. The summed E-state index contributed by atoms with van der Waals surface area (Å²) in [4.78, 5) is 10.7. The van der Waals surface area contributed by atoms with E-state index in [9.17, 15) is 4.79 Å². The van der Waals surface area contributed by atoms with Gasteiger partial charge >= 0.3 is 5.97 Å². The molecule has 0 unspecified atom stereocenters. The third-order valence-corrected chi connectivity index (χ3v) is 2.67. The fourth-order valence-corrected chi connectivity index (χ4v) is 1.87. The summed E-state index contributed by atoms with van der Waals surface area (Å²) in [5.74, 6) is 1.47. The summed E-state index contributed by atoms with van der Waals surface area (Å²) >= 11 is 0. The Bertz CT molecular complexity index is 253. The lowest BCUT2D eigenvalue weighted by molar-refractivity contribution is -0.137. The van der Waals surface area contributed by atoms with Crippen LogP contribution in [-0.4, -0.2) is 5.97 Å². The van der Waals surface area contributed by atoms with E-state index in [1.54, 1.807) is 0 Å². The van der Waals surface area contributed by atoms with E-state index < -0.39 is 0 Å². The number of allylic oxidation sites excluding steroid dienone is 3. The smallest absolute Gasteiger partial charge is 0.307 e. The minimum Gasteiger partial charge on any atom is -0.432 e. The van der Waals surface area contributed by atoms with Gasteiger partial charge in [-0.3, -0.25) is 4.79 Å². The van der Waals surface area contributed by atoms with Crippen LogP contribution in [0.2, 0.25) is 0 Å². The number of hydrogen-bond donors (Lipinski definition) is 0. The van der Waals surface area contributed by atoms with Crippen LogP contribution >= 0.6 is 0 Å². The standard InChI is InChI=1S/C12H18O2/c1-9-6-4-5-7-12(9)8-10(2)14-11(3)13/h4,6,9,12H,2,5,7-8H2,1,3H3/t9-,12-/m0/s1. The van der Waals surface area contributed by atoms with Gasteiger partial charge in [-0.1, -0.05) is 25.7 Å². The molecule has 1 rings (SSSR count). The zero-order chi connectivity index (χ0) is 10.6. The monoisotopic (exact) mass is 194 g/mol. The molecule has 0 heterocycles. The SMILES string of the molecule is C=C(C[C@@H]1CCC=C[C@@H]1C)OC(C)=O. The van der Waals surface area contributed by atoms with Crippen molar-refractivity contribution in [2.75, 3.05) is 0 Å². The first kappa shape index (κ1) is 11.0. The fourth-order valence-electron chi connectivity index (χ4n) is 1.87. The van der Waals surface area contributed by atoms with Crippen LogP contribution in [0, 0.1) is 11.8 Å². The molecule has 2 heteroatoms. The summed E-state index contributed by atoms with van der Waals surface area (Å²) in [7, 11) is 0. The lowest BCUT2D eigenvalue weighted by Crippen LogP contribution is -2.14. The Morgan fingerprint density at radius 1 is 1.64 bits per heavy atom. The van der Waals surface area contributed by atoms with Crippen LogP contribution in [0.15, 0.2) is 24.5 Å². The fraction of sp³-hybridized carbons (Fsp3) is 0.583. The highest BCUT2D eigenvalue weighted by atomic mass is 16.5. The van der Waals surface area contributed by atoms with Gasteiger partial charge in [0.15, 0.2) is 0 Å². The van der Waals surface area contributed by atoms with Crippen LogP contribution in [0.5, 0.6) is 0 Å². The summed E-state index contributed by atoms with van der Waals surface area (Å²) in [6.07, 6.45) is 7.54. The third kappa shape index (κ3) is 3.36. The maximum atomic E-state index is 10.7. The highest BCUT2D eigenvalue weighted by molar-refractivity contribution is 5.67. The maximum absolute atomic E-state index is 10.7. The molecule has 0 aromatic heterocycles. The van der Waals surface area contributed by atoms with Gasteiger partial charge in [-0.2, -0.15) is 0 Å². The van der Waals surface area contributed by atoms with Crippen LogP contribution in [0.3, 0.4) is 0 Å². The molecule has 0 radical (unpaired) electrons. The van der Waals surface area contributed by atoms with Gasteiger partial charge < -0.3 is 4.74 Å². The van der Waals surface area contributed by atoms with Crippen molar-refractivity contribution in [1.82, 2.24) is 0 Å². The molecule has 0 fully saturated rings. The topological polar surface area (TPSA) is 26.3 Å². The average Bonchev–Trinajstić information content (AvgIpc) is 2.07. The summed E-state index contributed by atoms with van der Waals surface area (Å²) < 4.78 is 4.94. The Morgan fingerprint density at radius 2 is 2.36 bits per heavy atom. The Morgan fingerprint density at radius 3 is 2.93 bits per heavy atom. The van der Waals surface area contributed by atoms with Gasteiger partial charge in [0, 0.05) is 13.3 Å². The molecule has 0 amide bonds. The molecule has 0 bridgehead atoms. The lowest BCUT2D eigenvalue weighted by atomic mass is 9.83. The third-order valence-electron chi connectivity index (χ3n) is 2.67. The molecule has 0 saturated heterocycles. The highest BCUT2D eigenvalue weighted by Gasteiger charge is 2.19. The zero-order valence-electron chi connectivity index (χ0n) is 8.95. The van der Waals surface area contributed by atoms with Gasteiger partial charge in [0.2, 0.25) is 0 Å². The molecular formula is C12H18O2. The molecule has 0 spiro atoms. The van der Waals surface area contributed by atoms with Crippen molar-refractivity contribution in [1.29, 1.82) is 0 Å². The van der Waals surface area contributed by atoms with E-state index in [2.05, 4.69) is 25.7 Å². The van der Waals surface area contributed by atoms with E-state index in [1.165, 1.54) is 6.92 Å². The Balaban J connectivity index is 2.39. The van der Waals surface area contributed by atoms with Crippen molar-refractivity contribution in [3.63, 3.8) is 0 Å². The van der Waals surface area contributed by atoms with Gasteiger partial charge in [-0.25, -0.2) is 0 Å². The molecule has 14 heavy (non-hydrogen) atoms. The van der Waals surface area contributed by atoms with Crippen molar-refractivity contribution in [3.8, 4) is 0 Å². The van der Waals surface area contributed by atoms with Gasteiger partial charge in [0.05, 0.1) is 0 Å². The van der Waals surface area contributed by atoms with E-state index in [0.717, 1.165) is 19.3 Å². The average molecular weight is 194 g/mol. The van der Waals surface area contributed by atoms with Crippen LogP contribution in [0.25, 0.3) is 0 Å². The molecular weight excluding hydrogens is 176 g/mol. The first-order valence-corrected chi connectivity index (χ1v) is 5.12. The molecule has 1 aliphatic rings. The minimum atomic E-state index is -0.269. The van der Waals surface area contributed by atoms with Crippen molar-refractivity contribution >= 4 is 5.97 Å². The molecule has 1 aliphatic carbocycles. The van der Waals surface area contributed by atoms with Gasteiger partial charge in [0.25, 0.3) is 0 Å². The van der Waals surface area contributed by atoms with E-state index in [4.69, 9.17) is 4.74 Å². The van der Waals surface area contributed by atoms with E-state index in [-0.39, 0.29) is 5.97 Å². The zero-order valence-corrected chi connectivity index (χ0v) is 8.95. The summed E-state index contributed by atoms with van der Waals surface area (Å²) in [5.41, 5.74) is 0. The van der Waals surface area contributed by atoms with E-state index in [1.807, 2.05) is 0 Å². The van der Waals surface area contributed by atoms with Gasteiger partial charge in [-0.15, -0.1) is 0 Å². The Labute approximate surface area is 85.6 Å². The van der Waals surface area contributed by atoms with E-state index in [0.29, 0.717) is 17.6 Å². The second kappa shape index (κ2) is 4.99. The predicted molar refractivity (Wildman–Crippen MR) is 56.6 cm³/mol. The van der Waals surface area contributed by atoms with Crippen LogP contribution in [0.4, 0.5) is 0 Å². The van der Waals surface area contributed by atoms with Gasteiger partial charge in [-0.05, 0) is 24.7 Å². The van der Waals surface area contributed by atoms with Crippen molar-refractivity contribution in [2.24, 2.45) is 11.8 Å². The molecule has 0 saturated carbocycles. The quantitative estimate of drug-likeness (QED) is 0.392. The second-order valence-corrected chi connectivity index (χ2v) is 3.96. The number of carbonyl (C=O) groups is 1. The number of hydrogen-bond acceptors (Lipinski definition) is 2. The largest absolute Gasteiger partial charge is 0.432 e. The Hall–Kier alpha value is -1.05. The molecule has 0 aromatic carbocycles.